The first-order valence-corrected chi connectivity index (χ1v) is 19.6. The summed E-state index contributed by atoms with van der Waals surface area (Å²) in [6.07, 6.45) is 2.94. The molecule has 0 atom stereocenters. The van der Waals surface area contributed by atoms with Crippen LogP contribution in [-0.2, 0) is 11.8 Å². The van der Waals surface area contributed by atoms with Crippen LogP contribution in [0.15, 0.2) is 223 Å². The molecule has 9 aromatic carbocycles. The van der Waals surface area contributed by atoms with E-state index in [2.05, 4.69) is 188 Å². The van der Waals surface area contributed by atoms with Crippen molar-refractivity contribution in [1.82, 2.24) is 0 Å². The highest BCUT2D eigenvalue weighted by atomic mass is 14.9. The Balaban J connectivity index is 1.25. The fraction of sp³-hybridized carbons (Fsp3) is 0.0364. The Morgan fingerprint density at radius 1 is 0.439 bits per heavy atom. The van der Waals surface area contributed by atoms with Crippen molar-refractivity contribution in [3.63, 3.8) is 0 Å². The average Bonchev–Trinajstić information content (AvgIpc) is 3.61. The maximum Gasteiger partial charge on any atom is 0.131 e. The molecule has 0 saturated carbocycles. The number of amidine groups is 1. The third-order valence-corrected chi connectivity index (χ3v) is 11.6. The molecule has 0 aromatic heterocycles. The third-order valence-electron chi connectivity index (χ3n) is 11.6. The van der Waals surface area contributed by atoms with Gasteiger partial charge in [-0.3, -0.25) is 0 Å². The lowest BCUT2D eigenvalue weighted by Crippen LogP contribution is -2.29. The van der Waals surface area contributed by atoms with E-state index in [1.165, 1.54) is 66.2 Å². The van der Waals surface area contributed by atoms with Gasteiger partial charge in [-0.2, -0.15) is 0 Å². The predicted octanol–water partition coefficient (Wildman–Crippen LogP) is 13.0. The van der Waals surface area contributed by atoms with Crippen molar-refractivity contribution < 1.29 is 0 Å². The fourth-order valence-corrected chi connectivity index (χ4v) is 9.16. The number of allylic oxidation sites excluding steroid dienone is 1. The topological polar surface area (TPSA) is 38.4 Å². The van der Waals surface area contributed by atoms with Crippen LogP contribution in [0.1, 0.15) is 38.9 Å². The number of benzene rings is 9. The largest absolute Gasteiger partial charge is 0.383 e. The molecule has 10 rings (SSSR count). The number of nitrogens with zero attached hydrogens (tertiary/aromatic N) is 1. The molecule has 0 heterocycles. The van der Waals surface area contributed by atoms with Crippen molar-refractivity contribution in [1.29, 1.82) is 0 Å². The van der Waals surface area contributed by atoms with Gasteiger partial charge in [0.05, 0.1) is 11.1 Å². The van der Waals surface area contributed by atoms with Crippen LogP contribution in [0.25, 0.3) is 49.5 Å². The average molecular weight is 729 g/mol. The van der Waals surface area contributed by atoms with E-state index in [1.807, 2.05) is 30.3 Å². The molecule has 0 amide bonds. The Hall–Kier alpha value is -7.29. The molecule has 9 aromatic rings. The van der Waals surface area contributed by atoms with Gasteiger partial charge < -0.3 is 5.73 Å². The first kappa shape index (κ1) is 34.2. The van der Waals surface area contributed by atoms with E-state index in [1.54, 1.807) is 0 Å². The Labute approximate surface area is 334 Å². The number of nitrogens with two attached hydrogens (primary N) is 1. The molecule has 57 heavy (non-hydrogen) atoms. The molecule has 1 aliphatic rings. The van der Waals surface area contributed by atoms with E-state index in [0.29, 0.717) is 5.84 Å². The van der Waals surface area contributed by atoms with Crippen LogP contribution in [0, 0.1) is 0 Å². The van der Waals surface area contributed by atoms with Gasteiger partial charge in [0, 0.05) is 11.1 Å². The van der Waals surface area contributed by atoms with Gasteiger partial charge in [0.1, 0.15) is 5.84 Å². The van der Waals surface area contributed by atoms with Crippen molar-refractivity contribution in [3.8, 4) is 22.3 Å². The minimum absolute atomic E-state index is 0.490. The van der Waals surface area contributed by atoms with Gasteiger partial charge >= 0.3 is 0 Å². The zero-order chi connectivity index (χ0) is 38.2. The highest BCUT2D eigenvalue weighted by Gasteiger charge is 2.48. The van der Waals surface area contributed by atoms with E-state index in [0.717, 1.165) is 28.6 Å². The smallest absolute Gasteiger partial charge is 0.131 e. The second-order valence-electron chi connectivity index (χ2n) is 14.8. The number of aliphatic imine (C=N–C) groups is 1. The quantitative estimate of drug-likeness (QED) is 0.123. The van der Waals surface area contributed by atoms with Crippen molar-refractivity contribution in [3.05, 3.63) is 257 Å². The third kappa shape index (κ3) is 5.77. The molecule has 0 spiro atoms. The van der Waals surface area contributed by atoms with Crippen LogP contribution in [0.5, 0.6) is 0 Å². The molecular weight excluding hydrogens is 689 g/mol. The summed E-state index contributed by atoms with van der Waals surface area (Å²) in [4.78, 5) is 5.16. The molecular formula is C55H40N2. The standard InChI is InChI=1S/C55H40N2/c56-54(40-21-7-2-8-22-40)57-51(37-32-38-18-5-1-6-19-38)47-36-35-46(44-28-15-16-29-45(44)47)48-30-17-31-49-50-34-33-39-20-13-14-27-43(39)52(50)55(53(48)49,41-23-9-3-10-24-41)42-25-11-4-12-26-42/h1-31,33-37H,32H2,(H2,56,57)/b51-37-. The van der Waals surface area contributed by atoms with E-state index in [4.69, 9.17) is 10.7 Å². The first-order chi connectivity index (χ1) is 28.2. The Morgan fingerprint density at radius 3 is 1.65 bits per heavy atom. The molecule has 0 fully saturated rings. The summed E-state index contributed by atoms with van der Waals surface area (Å²) in [5.74, 6) is 0.490. The number of rotatable bonds is 8. The summed E-state index contributed by atoms with van der Waals surface area (Å²) < 4.78 is 0. The first-order valence-electron chi connectivity index (χ1n) is 19.6. The monoisotopic (exact) mass is 728 g/mol. The summed E-state index contributed by atoms with van der Waals surface area (Å²) in [7, 11) is 0. The van der Waals surface area contributed by atoms with Gasteiger partial charge in [0.25, 0.3) is 0 Å². The molecule has 2 heteroatoms. The van der Waals surface area contributed by atoms with Crippen LogP contribution in [-0.4, -0.2) is 5.84 Å². The van der Waals surface area contributed by atoms with Crippen molar-refractivity contribution >= 4 is 33.1 Å². The molecule has 0 aliphatic heterocycles. The van der Waals surface area contributed by atoms with Crippen molar-refractivity contribution in [2.45, 2.75) is 11.8 Å². The second kappa shape index (κ2) is 14.4. The fourth-order valence-electron chi connectivity index (χ4n) is 9.16. The van der Waals surface area contributed by atoms with Gasteiger partial charge in [0.2, 0.25) is 0 Å². The Bertz CT molecular complexity index is 2920. The van der Waals surface area contributed by atoms with E-state index >= 15 is 0 Å². The van der Waals surface area contributed by atoms with Gasteiger partial charge in [-0.05, 0) is 78.0 Å². The Morgan fingerprint density at radius 2 is 0.965 bits per heavy atom. The normalized spacial score (nSPS) is 13.4. The number of hydrogen-bond acceptors (Lipinski definition) is 1. The molecule has 2 nitrogen and oxygen atoms in total. The van der Waals surface area contributed by atoms with Gasteiger partial charge in [-0.25, -0.2) is 4.99 Å². The van der Waals surface area contributed by atoms with Crippen LogP contribution in [0.3, 0.4) is 0 Å². The number of fused-ring (bicyclic) bond motifs is 6. The zero-order valence-corrected chi connectivity index (χ0v) is 31.5. The van der Waals surface area contributed by atoms with Gasteiger partial charge in [0.15, 0.2) is 0 Å². The lowest BCUT2D eigenvalue weighted by molar-refractivity contribution is 0.777. The second-order valence-corrected chi connectivity index (χ2v) is 14.8. The summed E-state index contributed by atoms with van der Waals surface area (Å²) in [6, 6.07) is 76.4. The summed E-state index contributed by atoms with van der Waals surface area (Å²) >= 11 is 0. The molecule has 0 radical (unpaired) electrons. The molecule has 0 saturated heterocycles. The summed E-state index contributed by atoms with van der Waals surface area (Å²) in [6.45, 7) is 0. The number of hydrogen-bond donors (Lipinski definition) is 1. The highest BCUT2D eigenvalue weighted by molar-refractivity contribution is 6.09. The van der Waals surface area contributed by atoms with Gasteiger partial charge in [-0.1, -0.05) is 218 Å². The molecule has 0 unspecified atom stereocenters. The van der Waals surface area contributed by atoms with Crippen molar-refractivity contribution in [2.24, 2.45) is 10.7 Å². The molecule has 0 bridgehead atoms. The lowest BCUT2D eigenvalue weighted by Gasteiger charge is -2.36. The SMILES string of the molecule is NC(=N/C(=C\Cc1ccccc1)c1ccc(-c2cccc3c2C(c2ccccc2)(c2ccccc2)c2c-3ccc3ccccc23)c2ccccc12)c1ccccc1. The van der Waals surface area contributed by atoms with Crippen LogP contribution in [0.2, 0.25) is 0 Å². The van der Waals surface area contributed by atoms with Crippen LogP contribution in [0.4, 0.5) is 0 Å². The summed E-state index contributed by atoms with van der Waals surface area (Å²) in [5.41, 5.74) is 20.2. The maximum atomic E-state index is 6.76. The summed E-state index contributed by atoms with van der Waals surface area (Å²) in [5, 5.41) is 4.80. The lowest BCUT2D eigenvalue weighted by atomic mass is 9.65. The molecule has 1 aliphatic carbocycles. The van der Waals surface area contributed by atoms with Gasteiger partial charge in [-0.15, -0.1) is 0 Å². The Kier molecular flexibility index (Phi) is 8.65. The van der Waals surface area contributed by atoms with E-state index < -0.39 is 5.41 Å². The predicted molar refractivity (Wildman–Crippen MR) is 239 cm³/mol. The highest BCUT2D eigenvalue weighted by Crippen LogP contribution is 2.60. The maximum absolute atomic E-state index is 6.76. The minimum Gasteiger partial charge on any atom is -0.383 e. The van der Waals surface area contributed by atoms with Crippen molar-refractivity contribution in [2.75, 3.05) is 0 Å². The van der Waals surface area contributed by atoms with Crippen LogP contribution < -0.4 is 5.73 Å². The van der Waals surface area contributed by atoms with E-state index in [-0.39, 0.29) is 0 Å². The molecule has 270 valence electrons. The van der Waals surface area contributed by atoms with Crippen LogP contribution >= 0.6 is 0 Å². The van der Waals surface area contributed by atoms with E-state index in [9.17, 15) is 0 Å². The molecule has 2 N–H and O–H groups in total. The zero-order valence-electron chi connectivity index (χ0n) is 31.5. The minimum atomic E-state index is -0.584.